The number of amides is 1. The Kier molecular flexibility index (Phi) is 6.39. The van der Waals surface area contributed by atoms with Gasteiger partial charge in [0, 0.05) is 12.6 Å². The number of ether oxygens (including phenoxy) is 2. The van der Waals surface area contributed by atoms with Gasteiger partial charge in [0.2, 0.25) is 15.9 Å². The Hall–Kier alpha value is -2.65. The van der Waals surface area contributed by atoms with E-state index in [1.54, 1.807) is 26.0 Å². The minimum atomic E-state index is -3.97. The second-order valence-electron chi connectivity index (χ2n) is 6.99. The average Bonchev–Trinajstić information content (AvgIpc) is 2.71. The fraction of sp³-hybridized carbons (Fsp3) is 0.350. The highest BCUT2D eigenvalue weighted by molar-refractivity contribution is 7.89. The van der Waals surface area contributed by atoms with E-state index < -0.39 is 22.0 Å². The van der Waals surface area contributed by atoms with Crippen molar-refractivity contribution in [2.75, 3.05) is 13.2 Å². The summed E-state index contributed by atoms with van der Waals surface area (Å²) in [5, 5.41) is 2.69. The Morgan fingerprint density at radius 3 is 2.38 bits per heavy atom. The molecular weight excluding hydrogens is 399 g/mol. The van der Waals surface area contributed by atoms with Crippen molar-refractivity contribution in [3.63, 3.8) is 0 Å². The van der Waals surface area contributed by atoms with Gasteiger partial charge < -0.3 is 14.8 Å². The van der Waals surface area contributed by atoms with Gasteiger partial charge in [-0.25, -0.2) is 12.8 Å². The summed E-state index contributed by atoms with van der Waals surface area (Å²) in [6, 6.07) is 9.04. The fourth-order valence-corrected chi connectivity index (χ4v) is 4.18. The number of hydrogen-bond acceptors (Lipinski definition) is 5. The lowest BCUT2D eigenvalue weighted by Gasteiger charge is -2.23. The van der Waals surface area contributed by atoms with Crippen molar-refractivity contribution in [1.82, 2.24) is 10.0 Å². The third-order valence-corrected chi connectivity index (χ3v) is 5.87. The van der Waals surface area contributed by atoms with E-state index in [0.29, 0.717) is 30.3 Å². The molecule has 0 bridgehead atoms. The number of carbonyl (C=O) groups excluding carboxylic acids is 1. The van der Waals surface area contributed by atoms with Crippen molar-refractivity contribution in [3.8, 4) is 11.5 Å². The number of sulfonamides is 1. The Morgan fingerprint density at radius 2 is 1.72 bits per heavy atom. The Morgan fingerprint density at radius 1 is 1.07 bits per heavy atom. The first kappa shape index (κ1) is 21.1. The van der Waals surface area contributed by atoms with E-state index in [1.165, 1.54) is 30.3 Å². The second-order valence-corrected chi connectivity index (χ2v) is 8.71. The van der Waals surface area contributed by atoms with Gasteiger partial charge in [-0.1, -0.05) is 26.0 Å². The van der Waals surface area contributed by atoms with Crippen LogP contribution in [0.1, 0.15) is 19.4 Å². The predicted molar refractivity (Wildman–Crippen MR) is 105 cm³/mol. The molecule has 9 heteroatoms. The largest absolute Gasteiger partial charge is 0.486 e. The van der Waals surface area contributed by atoms with Crippen LogP contribution < -0.4 is 19.5 Å². The molecule has 1 heterocycles. The first-order valence-electron chi connectivity index (χ1n) is 9.20. The molecule has 1 aliphatic rings. The molecule has 1 aliphatic heterocycles. The third-order valence-electron chi connectivity index (χ3n) is 4.44. The van der Waals surface area contributed by atoms with Gasteiger partial charge in [-0.3, -0.25) is 4.79 Å². The van der Waals surface area contributed by atoms with Crippen LogP contribution in [0, 0.1) is 11.7 Å². The molecule has 1 atom stereocenters. The summed E-state index contributed by atoms with van der Waals surface area (Å²) in [6.45, 7) is 4.39. The van der Waals surface area contributed by atoms with E-state index in [9.17, 15) is 17.6 Å². The van der Waals surface area contributed by atoms with E-state index in [0.717, 1.165) is 0 Å². The van der Waals surface area contributed by atoms with Crippen molar-refractivity contribution in [2.45, 2.75) is 31.3 Å². The van der Waals surface area contributed by atoms with Gasteiger partial charge >= 0.3 is 0 Å². The molecule has 0 unspecified atom stereocenters. The minimum absolute atomic E-state index is 0.0151. The number of rotatable bonds is 7. The Bertz CT molecular complexity index is 977. The van der Waals surface area contributed by atoms with Crippen molar-refractivity contribution >= 4 is 15.9 Å². The molecule has 0 aliphatic carbocycles. The highest BCUT2D eigenvalue weighted by Crippen LogP contribution is 2.32. The van der Waals surface area contributed by atoms with Crippen LogP contribution in [-0.4, -0.2) is 33.6 Å². The van der Waals surface area contributed by atoms with Crippen LogP contribution >= 0.6 is 0 Å². The molecule has 2 aromatic rings. The van der Waals surface area contributed by atoms with Crippen LogP contribution in [0.5, 0.6) is 11.5 Å². The van der Waals surface area contributed by atoms with E-state index in [4.69, 9.17) is 9.47 Å². The van der Waals surface area contributed by atoms with E-state index in [1.807, 2.05) is 0 Å². The highest BCUT2D eigenvalue weighted by atomic mass is 32.2. The maximum absolute atomic E-state index is 13.0. The van der Waals surface area contributed by atoms with E-state index >= 15 is 0 Å². The number of halogens is 1. The molecule has 2 N–H and O–H groups in total. The molecule has 1 amide bonds. The number of fused-ring (bicyclic) bond motifs is 1. The molecule has 29 heavy (non-hydrogen) atoms. The molecule has 156 valence electrons. The summed E-state index contributed by atoms with van der Waals surface area (Å²) < 4.78 is 51.9. The minimum Gasteiger partial charge on any atom is -0.486 e. The Balaban J connectivity index is 1.71. The molecule has 0 radical (unpaired) electrons. The summed E-state index contributed by atoms with van der Waals surface area (Å²) >= 11 is 0. The number of nitrogens with one attached hydrogen (secondary N) is 2. The summed E-state index contributed by atoms with van der Waals surface area (Å²) in [5.74, 6) is -0.304. The van der Waals surface area contributed by atoms with Crippen molar-refractivity contribution < 1.29 is 27.1 Å². The highest BCUT2D eigenvalue weighted by Gasteiger charge is 2.29. The van der Waals surface area contributed by atoms with Crippen molar-refractivity contribution in [3.05, 3.63) is 53.8 Å². The van der Waals surface area contributed by atoms with Crippen LogP contribution in [-0.2, 0) is 21.4 Å². The summed E-state index contributed by atoms with van der Waals surface area (Å²) in [5.41, 5.74) is 0.706. The molecule has 3 rings (SSSR count). The van der Waals surface area contributed by atoms with Gasteiger partial charge in [-0.15, -0.1) is 0 Å². The zero-order valence-corrected chi connectivity index (χ0v) is 17.0. The maximum atomic E-state index is 13.0. The van der Waals surface area contributed by atoms with Gasteiger partial charge in [0.1, 0.15) is 25.1 Å². The molecule has 0 saturated carbocycles. The number of carbonyl (C=O) groups is 1. The van der Waals surface area contributed by atoms with Crippen LogP contribution in [0.4, 0.5) is 4.39 Å². The SMILES string of the molecule is CC(C)[C@H](NS(=O)(=O)c1ccc2c(c1)OCCO2)C(=O)NCc1ccc(F)cc1. The average molecular weight is 422 g/mol. The van der Waals surface area contributed by atoms with Crippen LogP contribution in [0.25, 0.3) is 0 Å². The zero-order valence-electron chi connectivity index (χ0n) is 16.1. The lowest BCUT2D eigenvalue weighted by atomic mass is 10.0. The van der Waals surface area contributed by atoms with Gasteiger partial charge in [-0.05, 0) is 35.7 Å². The van der Waals surface area contributed by atoms with E-state index in [-0.39, 0.29) is 23.2 Å². The molecule has 0 saturated heterocycles. The third kappa shape index (κ3) is 5.24. The first-order valence-corrected chi connectivity index (χ1v) is 10.7. The summed E-state index contributed by atoms with van der Waals surface area (Å²) in [6.07, 6.45) is 0. The lowest BCUT2D eigenvalue weighted by Crippen LogP contribution is -2.49. The molecule has 7 nitrogen and oxygen atoms in total. The standard InChI is InChI=1S/C20H23FN2O5S/c1-13(2)19(20(24)22-12-14-3-5-15(21)6-4-14)23-29(25,26)16-7-8-17-18(11-16)28-10-9-27-17/h3-8,11,13,19,23H,9-10,12H2,1-2H3,(H,22,24)/t19-/m0/s1. The lowest BCUT2D eigenvalue weighted by molar-refractivity contribution is -0.123. The molecule has 2 aromatic carbocycles. The van der Waals surface area contributed by atoms with Crippen molar-refractivity contribution in [1.29, 1.82) is 0 Å². The normalized spacial score (nSPS) is 14.5. The number of hydrogen-bond donors (Lipinski definition) is 2. The van der Waals surface area contributed by atoms with Crippen molar-refractivity contribution in [2.24, 2.45) is 5.92 Å². The van der Waals surface area contributed by atoms with Gasteiger partial charge in [0.15, 0.2) is 11.5 Å². The molecule has 0 fully saturated rings. The topological polar surface area (TPSA) is 93.7 Å². The Labute approximate surface area is 169 Å². The molecular formula is C20H23FN2O5S. The van der Waals surface area contributed by atoms with Gasteiger partial charge in [0.25, 0.3) is 0 Å². The number of benzene rings is 2. The van der Waals surface area contributed by atoms with Crippen LogP contribution in [0.2, 0.25) is 0 Å². The first-order chi connectivity index (χ1) is 13.8. The van der Waals surface area contributed by atoms with Crippen LogP contribution in [0.15, 0.2) is 47.4 Å². The predicted octanol–water partition coefficient (Wildman–Crippen LogP) is 2.22. The molecule has 0 spiro atoms. The summed E-state index contributed by atoms with van der Waals surface area (Å²) in [7, 11) is -3.97. The summed E-state index contributed by atoms with van der Waals surface area (Å²) in [4.78, 5) is 12.6. The maximum Gasteiger partial charge on any atom is 0.241 e. The fourth-order valence-electron chi connectivity index (χ4n) is 2.82. The van der Waals surface area contributed by atoms with E-state index in [2.05, 4.69) is 10.0 Å². The van der Waals surface area contributed by atoms with Gasteiger partial charge in [-0.2, -0.15) is 4.72 Å². The quantitative estimate of drug-likeness (QED) is 0.714. The van der Waals surface area contributed by atoms with Crippen LogP contribution in [0.3, 0.4) is 0 Å². The van der Waals surface area contributed by atoms with Gasteiger partial charge in [0.05, 0.1) is 4.90 Å². The smallest absolute Gasteiger partial charge is 0.241 e. The monoisotopic (exact) mass is 422 g/mol. The zero-order chi connectivity index (χ0) is 21.0. The molecule has 0 aromatic heterocycles. The second kappa shape index (κ2) is 8.79.